The van der Waals surface area contributed by atoms with Gasteiger partial charge in [0.25, 0.3) is 0 Å². The molecule has 0 radical (unpaired) electrons. The Labute approximate surface area is 135 Å². The van der Waals surface area contributed by atoms with E-state index in [-0.39, 0.29) is 35.7 Å². The van der Waals surface area contributed by atoms with Crippen LogP contribution in [-0.4, -0.2) is 23.0 Å². The van der Waals surface area contributed by atoms with Crippen LogP contribution in [-0.2, 0) is 9.59 Å². The van der Waals surface area contributed by atoms with E-state index in [2.05, 4.69) is 24.5 Å². The molecule has 5 nitrogen and oxygen atoms in total. The van der Waals surface area contributed by atoms with Gasteiger partial charge in [0.1, 0.15) is 5.75 Å². The lowest BCUT2D eigenvalue weighted by Crippen LogP contribution is -2.46. The van der Waals surface area contributed by atoms with Gasteiger partial charge in [-0.2, -0.15) is 0 Å². The number of phenolic OH excluding ortho intramolecular Hbond substituents is 1. The number of nitrogens with one attached hydrogen (secondary N) is 2. The summed E-state index contributed by atoms with van der Waals surface area (Å²) < 4.78 is 0. The standard InChI is InChI=1S/C16H21ClN2O3/c1-9(2)5-12-6-10(7-15(21)18-12)16(22)19-13-8-11(17)3-4-14(13)20/h3-4,8-10,12,20H,5-7H2,1-2H3,(H,18,21)(H,19,22)/t10-,12-/m0/s1. The topological polar surface area (TPSA) is 78.4 Å². The van der Waals surface area contributed by atoms with Crippen molar-refractivity contribution in [3.8, 4) is 5.75 Å². The summed E-state index contributed by atoms with van der Waals surface area (Å²) in [6, 6.07) is 4.47. The summed E-state index contributed by atoms with van der Waals surface area (Å²) in [7, 11) is 0. The smallest absolute Gasteiger partial charge is 0.228 e. The van der Waals surface area contributed by atoms with Gasteiger partial charge in [0.05, 0.1) is 5.69 Å². The molecule has 0 aliphatic carbocycles. The molecule has 1 aromatic carbocycles. The molecule has 1 aliphatic heterocycles. The van der Waals surface area contributed by atoms with Crippen LogP contribution in [0.15, 0.2) is 18.2 Å². The van der Waals surface area contributed by atoms with Crippen molar-refractivity contribution >= 4 is 29.1 Å². The molecule has 0 unspecified atom stereocenters. The van der Waals surface area contributed by atoms with E-state index in [0.717, 1.165) is 6.42 Å². The van der Waals surface area contributed by atoms with Gasteiger partial charge in [0, 0.05) is 23.4 Å². The van der Waals surface area contributed by atoms with Crippen LogP contribution in [0.1, 0.15) is 33.1 Å². The zero-order chi connectivity index (χ0) is 16.3. The summed E-state index contributed by atoms with van der Waals surface area (Å²) in [5.74, 6) is -0.356. The largest absolute Gasteiger partial charge is 0.506 e. The lowest BCUT2D eigenvalue weighted by atomic mass is 9.87. The van der Waals surface area contributed by atoms with Gasteiger partial charge in [-0.25, -0.2) is 0 Å². The molecule has 1 aromatic rings. The van der Waals surface area contributed by atoms with Crippen molar-refractivity contribution in [3.63, 3.8) is 0 Å². The van der Waals surface area contributed by atoms with E-state index in [0.29, 0.717) is 17.4 Å². The van der Waals surface area contributed by atoms with Crippen molar-refractivity contribution in [2.45, 2.75) is 39.2 Å². The Morgan fingerprint density at radius 1 is 1.50 bits per heavy atom. The monoisotopic (exact) mass is 324 g/mol. The van der Waals surface area contributed by atoms with Gasteiger partial charge in [-0.05, 0) is 37.0 Å². The second-order valence-corrected chi connectivity index (χ2v) is 6.62. The lowest BCUT2D eigenvalue weighted by molar-refractivity contribution is -0.131. The van der Waals surface area contributed by atoms with Crippen LogP contribution >= 0.6 is 11.6 Å². The average Bonchev–Trinajstić information content (AvgIpc) is 2.41. The fourth-order valence-electron chi connectivity index (χ4n) is 2.76. The molecule has 0 spiro atoms. The van der Waals surface area contributed by atoms with Crippen molar-refractivity contribution in [1.29, 1.82) is 0 Å². The molecule has 120 valence electrons. The summed E-state index contributed by atoms with van der Waals surface area (Å²) in [6.07, 6.45) is 1.62. The van der Waals surface area contributed by atoms with Crippen LogP contribution in [0.25, 0.3) is 0 Å². The SMILES string of the molecule is CC(C)C[C@H]1C[C@H](C(=O)Nc2cc(Cl)ccc2O)CC(=O)N1. The van der Waals surface area contributed by atoms with Crippen molar-refractivity contribution in [2.75, 3.05) is 5.32 Å². The number of phenols is 1. The molecule has 6 heteroatoms. The van der Waals surface area contributed by atoms with Crippen LogP contribution in [0.3, 0.4) is 0 Å². The Hall–Kier alpha value is -1.75. The fraction of sp³-hybridized carbons (Fsp3) is 0.500. The highest BCUT2D eigenvalue weighted by Crippen LogP contribution is 2.29. The summed E-state index contributed by atoms with van der Waals surface area (Å²) in [4.78, 5) is 24.1. The van der Waals surface area contributed by atoms with Gasteiger partial charge < -0.3 is 15.7 Å². The molecule has 2 amide bonds. The molecule has 0 aromatic heterocycles. The lowest BCUT2D eigenvalue weighted by Gasteiger charge is -2.30. The molecule has 22 heavy (non-hydrogen) atoms. The quantitative estimate of drug-likeness (QED) is 0.745. The highest BCUT2D eigenvalue weighted by atomic mass is 35.5. The molecular formula is C16H21ClN2O3. The zero-order valence-electron chi connectivity index (χ0n) is 12.7. The number of amides is 2. The summed E-state index contributed by atoms with van der Waals surface area (Å²) in [5, 5.41) is 15.8. The predicted molar refractivity (Wildman–Crippen MR) is 85.9 cm³/mol. The van der Waals surface area contributed by atoms with Crippen molar-refractivity contribution in [3.05, 3.63) is 23.2 Å². The van der Waals surface area contributed by atoms with Crippen LogP contribution in [0.5, 0.6) is 5.75 Å². The summed E-state index contributed by atoms with van der Waals surface area (Å²) in [6.45, 7) is 4.17. The third kappa shape index (κ3) is 4.37. The Bertz CT molecular complexity index is 575. The maximum Gasteiger partial charge on any atom is 0.228 e. The van der Waals surface area contributed by atoms with E-state index in [1.807, 2.05) is 0 Å². The van der Waals surface area contributed by atoms with Gasteiger partial charge in [-0.15, -0.1) is 0 Å². The van der Waals surface area contributed by atoms with Crippen molar-refractivity contribution in [2.24, 2.45) is 11.8 Å². The zero-order valence-corrected chi connectivity index (χ0v) is 13.5. The van der Waals surface area contributed by atoms with E-state index < -0.39 is 5.92 Å². The Morgan fingerprint density at radius 2 is 2.23 bits per heavy atom. The highest BCUT2D eigenvalue weighted by molar-refractivity contribution is 6.31. The number of carbonyl (C=O) groups excluding carboxylic acids is 2. The maximum atomic E-state index is 12.4. The van der Waals surface area contributed by atoms with Crippen molar-refractivity contribution < 1.29 is 14.7 Å². The van der Waals surface area contributed by atoms with Crippen molar-refractivity contribution in [1.82, 2.24) is 5.32 Å². The first-order valence-electron chi connectivity index (χ1n) is 7.44. The van der Waals surface area contributed by atoms with Crippen LogP contribution in [0.4, 0.5) is 5.69 Å². The molecule has 2 atom stereocenters. The number of piperidine rings is 1. The minimum atomic E-state index is -0.393. The second-order valence-electron chi connectivity index (χ2n) is 6.18. The number of benzene rings is 1. The molecule has 0 saturated carbocycles. The number of hydrogen-bond acceptors (Lipinski definition) is 3. The first-order valence-corrected chi connectivity index (χ1v) is 7.81. The first-order chi connectivity index (χ1) is 10.3. The number of carbonyl (C=O) groups is 2. The van der Waals surface area contributed by atoms with Gasteiger partial charge in [0.2, 0.25) is 11.8 Å². The maximum absolute atomic E-state index is 12.4. The normalized spacial score (nSPS) is 21.5. The van der Waals surface area contributed by atoms with Crippen LogP contribution in [0.2, 0.25) is 5.02 Å². The van der Waals surface area contributed by atoms with Gasteiger partial charge in [-0.1, -0.05) is 25.4 Å². The third-order valence-electron chi connectivity index (χ3n) is 3.71. The Kier molecular flexibility index (Phi) is 5.29. The highest BCUT2D eigenvalue weighted by Gasteiger charge is 2.31. The first kappa shape index (κ1) is 16.6. The van der Waals surface area contributed by atoms with E-state index in [9.17, 15) is 14.7 Å². The Morgan fingerprint density at radius 3 is 2.91 bits per heavy atom. The van der Waals surface area contributed by atoms with E-state index in [4.69, 9.17) is 11.6 Å². The molecule has 1 heterocycles. The Balaban J connectivity index is 2.04. The molecule has 2 rings (SSSR count). The molecule has 1 saturated heterocycles. The number of rotatable bonds is 4. The van der Waals surface area contributed by atoms with E-state index >= 15 is 0 Å². The van der Waals surface area contributed by atoms with Crippen LogP contribution in [0, 0.1) is 11.8 Å². The minimum absolute atomic E-state index is 0.0185. The van der Waals surface area contributed by atoms with Crippen LogP contribution < -0.4 is 10.6 Å². The second kappa shape index (κ2) is 7.01. The van der Waals surface area contributed by atoms with Gasteiger partial charge >= 0.3 is 0 Å². The molecular weight excluding hydrogens is 304 g/mol. The van der Waals surface area contributed by atoms with E-state index in [1.54, 1.807) is 6.07 Å². The fourth-order valence-corrected chi connectivity index (χ4v) is 2.94. The number of halogens is 1. The molecule has 0 bridgehead atoms. The van der Waals surface area contributed by atoms with Gasteiger partial charge in [-0.3, -0.25) is 9.59 Å². The molecule has 1 fully saturated rings. The minimum Gasteiger partial charge on any atom is -0.506 e. The third-order valence-corrected chi connectivity index (χ3v) is 3.94. The van der Waals surface area contributed by atoms with Gasteiger partial charge in [0.15, 0.2) is 0 Å². The molecule has 3 N–H and O–H groups in total. The number of hydrogen-bond donors (Lipinski definition) is 3. The predicted octanol–water partition coefficient (Wildman–Crippen LogP) is 2.93. The summed E-state index contributed by atoms with van der Waals surface area (Å²) in [5.41, 5.74) is 0.267. The summed E-state index contributed by atoms with van der Waals surface area (Å²) >= 11 is 5.86. The number of anilines is 1. The van der Waals surface area contributed by atoms with E-state index in [1.165, 1.54) is 12.1 Å². The number of aromatic hydroxyl groups is 1. The average molecular weight is 325 g/mol. The molecule has 1 aliphatic rings.